The molecule has 0 aromatic carbocycles. The summed E-state index contributed by atoms with van der Waals surface area (Å²) in [7, 11) is 0. The first-order valence-corrected chi connectivity index (χ1v) is 8.76. The molecule has 12 atom stereocenters. The van der Waals surface area contributed by atoms with Gasteiger partial charge in [0.15, 0.2) is 18.9 Å². The maximum Gasteiger partial charge on any atom is 0.187 e. The van der Waals surface area contributed by atoms with Crippen LogP contribution in [-0.4, -0.2) is 124 Å². The number of hydrogen-bond acceptors (Lipinski definition) is 12. The van der Waals surface area contributed by atoms with Crippen molar-refractivity contribution in [2.45, 2.75) is 73.8 Å². The highest BCUT2D eigenvalue weighted by molar-refractivity contribution is 4.98. The van der Waals surface area contributed by atoms with E-state index in [9.17, 15) is 30.6 Å². The Kier molecular flexibility index (Phi) is 5.68. The minimum absolute atomic E-state index is 0.0288. The summed E-state index contributed by atoms with van der Waals surface area (Å²) in [5.74, 6) is 0. The highest BCUT2D eigenvalue weighted by Crippen LogP contribution is 2.36. The topological polar surface area (TPSA) is 180 Å². The van der Waals surface area contributed by atoms with Crippen molar-refractivity contribution in [2.75, 3.05) is 19.8 Å². The van der Waals surface area contributed by atoms with Crippen molar-refractivity contribution in [2.24, 2.45) is 0 Å². The van der Waals surface area contributed by atoms with Crippen LogP contribution < -0.4 is 0 Å². The fourth-order valence-electron chi connectivity index (χ4n) is 3.42. The smallest absolute Gasteiger partial charge is 0.187 e. The second-order valence-electron chi connectivity index (χ2n) is 7.07. The lowest BCUT2D eigenvalue weighted by Gasteiger charge is -2.43. The van der Waals surface area contributed by atoms with E-state index in [4.69, 9.17) is 28.4 Å². The van der Waals surface area contributed by atoms with Gasteiger partial charge in [-0.3, -0.25) is 0 Å². The molecule has 12 nitrogen and oxygen atoms in total. The molecule has 4 fully saturated rings. The Balaban J connectivity index is 1.42. The molecule has 0 bridgehead atoms. The molecule has 4 aliphatic rings. The van der Waals surface area contributed by atoms with Gasteiger partial charge in [0, 0.05) is 0 Å². The molecule has 12 heteroatoms. The first-order chi connectivity index (χ1) is 12.9. The van der Waals surface area contributed by atoms with Crippen LogP contribution in [-0.2, 0) is 28.4 Å². The third-order valence-corrected chi connectivity index (χ3v) is 5.12. The number of ether oxygens (including phenoxy) is 6. The average Bonchev–Trinajstić information content (AvgIpc) is 3.45. The SMILES string of the molecule is O[C@@H]1[C@@H](O)[C@H](O[C@H]2[C@H](O[C@@H]3CO[C@@H](O)[C@@H]4O[C@@H]43)OC[C@@H](O)[C@@H]2O)OC[C@H]1O. The summed E-state index contributed by atoms with van der Waals surface area (Å²) in [6.07, 6.45) is -13.3. The van der Waals surface area contributed by atoms with Gasteiger partial charge in [-0.05, 0) is 0 Å². The normalized spacial score (nSPS) is 55.8. The van der Waals surface area contributed by atoms with Crippen LogP contribution in [0.3, 0.4) is 0 Å². The molecule has 6 N–H and O–H groups in total. The third-order valence-electron chi connectivity index (χ3n) is 5.12. The van der Waals surface area contributed by atoms with Gasteiger partial charge in [0.1, 0.15) is 54.9 Å². The van der Waals surface area contributed by atoms with Crippen LogP contribution in [0.25, 0.3) is 0 Å². The van der Waals surface area contributed by atoms with Gasteiger partial charge < -0.3 is 59.1 Å². The van der Waals surface area contributed by atoms with Gasteiger partial charge in [0.25, 0.3) is 0 Å². The van der Waals surface area contributed by atoms with E-state index in [1.807, 2.05) is 0 Å². The number of fused-ring (bicyclic) bond motifs is 1. The molecule has 0 amide bonds. The van der Waals surface area contributed by atoms with Crippen molar-refractivity contribution < 1.29 is 59.1 Å². The van der Waals surface area contributed by atoms with Gasteiger partial charge in [-0.1, -0.05) is 0 Å². The Hall–Kier alpha value is -0.480. The summed E-state index contributed by atoms with van der Waals surface area (Å²) >= 11 is 0. The quantitative estimate of drug-likeness (QED) is 0.251. The van der Waals surface area contributed by atoms with Crippen LogP contribution in [0.5, 0.6) is 0 Å². The maximum atomic E-state index is 10.3. The van der Waals surface area contributed by atoms with E-state index < -0.39 is 73.8 Å². The fraction of sp³-hybridized carbons (Fsp3) is 1.00. The first kappa shape index (κ1) is 19.8. The first-order valence-electron chi connectivity index (χ1n) is 8.76. The van der Waals surface area contributed by atoms with Gasteiger partial charge in [-0.25, -0.2) is 0 Å². The zero-order chi connectivity index (χ0) is 19.3. The maximum absolute atomic E-state index is 10.3. The molecule has 4 heterocycles. The molecule has 0 unspecified atom stereocenters. The molecule has 0 spiro atoms. The third kappa shape index (κ3) is 3.85. The number of aliphatic hydroxyl groups excluding tert-OH is 6. The van der Waals surface area contributed by atoms with Crippen molar-refractivity contribution in [3.63, 3.8) is 0 Å². The summed E-state index contributed by atoms with van der Waals surface area (Å²) in [4.78, 5) is 0. The highest BCUT2D eigenvalue weighted by atomic mass is 16.8. The van der Waals surface area contributed by atoms with Gasteiger partial charge in [-0.15, -0.1) is 0 Å². The summed E-state index contributed by atoms with van der Waals surface area (Å²) in [6, 6.07) is 0. The molecule has 4 aliphatic heterocycles. The number of epoxide rings is 1. The van der Waals surface area contributed by atoms with E-state index in [0.717, 1.165) is 0 Å². The summed E-state index contributed by atoms with van der Waals surface area (Å²) in [5, 5.41) is 59.0. The molecule has 27 heavy (non-hydrogen) atoms. The Bertz CT molecular complexity index is 521. The summed E-state index contributed by atoms with van der Waals surface area (Å²) < 4.78 is 32.3. The zero-order valence-corrected chi connectivity index (χ0v) is 14.2. The van der Waals surface area contributed by atoms with E-state index in [2.05, 4.69) is 0 Å². The van der Waals surface area contributed by atoms with Gasteiger partial charge in [0.05, 0.1) is 19.8 Å². The Labute approximate surface area is 153 Å². The standard InChI is InChI=1S/C15H24O12/c16-4-1-23-14(9(20)7(4)18)27-11-8(19)5(17)2-24-15(11)25-6-3-22-13(21)12-10(6)26-12/h4-21H,1-3H2/t4-,5-,6-,7+,8+,9-,10-,11-,12-,13-,14+,15+/m1/s1. The van der Waals surface area contributed by atoms with Crippen molar-refractivity contribution in [1.82, 2.24) is 0 Å². The van der Waals surface area contributed by atoms with E-state index in [-0.39, 0.29) is 19.8 Å². The number of rotatable bonds is 4. The average molecular weight is 396 g/mol. The van der Waals surface area contributed by atoms with Crippen molar-refractivity contribution in [3.05, 3.63) is 0 Å². The van der Waals surface area contributed by atoms with E-state index in [1.165, 1.54) is 0 Å². The lowest BCUT2D eigenvalue weighted by Crippen LogP contribution is -2.61. The second kappa shape index (κ2) is 7.74. The molecular formula is C15H24O12. The molecule has 156 valence electrons. The number of hydrogen-bond donors (Lipinski definition) is 6. The summed E-state index contributed by atoms with van der Waals surface area (Å²) in [5.41, 5.74) is 0. The lowest BCUT2D eigenvalue weighted by molar-refractivity contribution is -0.351. The molecular weight excluding hydrogens is 372 g/mol. The monoisotopic (exact) mass is 396 g/mol. The second-order valence-corrected chi connectivity index (χ2v) is 7.07. The van der Waals surface area contributed by atoms with Crippen LogP contribution in [0.15, 0.2) is 0 Å². The van der Waals surface area contributed by atoms with E-state index in [0.29, 0.717) is 0 Å². The largest absolute Gasteiger partial charge is 0.388 e. The lowest BCUT2D eigenvalue weighted by atomic mass is 10.0. The molecule has 0 aromatic rings. The predicted molar refractivity (Wildman–Crippen MR) is 79.9 cm³/mol. The highest BCUT2D eigenvalue weighted by Gasteiger charge is 2.56. The Morgan fingerprint density at radius 3 is 2.04 bits per heavy atom. The minimum atomic E-state index is -1.58. The van der Waals surface area contributed by atoms with Gasteiger partial charge >= 0.3 is 0 Å². The van der Waals surface area contributed by atoms with Gasteiger partial charge in [-0.2, -0.15) is 0 Å². The van der Waals surface area contributed by atoms with Crippen molar-refractivity contribution in [3.8, 4) is 0 Å². The Morgan fingerprint density at radius 2 is 1.30 bits per heavy atom. The number of aliphatic hydroxyl groups is 6. The molecule has 0 radical (unpaired) electrons. The zero-order valence-electron chi connectivity index (χ0n) is 14.2. The predicted octanol–water partition coefficient (Wildman–Crippen LogP) is -4.61. The van der Waals surface area contributed by atoms with E-state index in [1.54, 1.807) is 0 Å². The van der Waals surface area contributed by atoms with Crippen molar-refractivity contribution >= 4 is 0 Å². The molecule has 0 aromatic heterocycles. The van der Waals surface area contributed by atoms with Gasteiger partial charge in [0.2, 0.25) is 0 Å². The molecule has 4 saturated heterocycles. The van der Waals surface area contributed by atoms with Crippen LogP contribution in [0, 0.1) is 0 Å². The molecule has 0 saturated carbocycles. The molecule has 0 aliphatic carbocycles. The molecule has 4 rings (SSSR count). The fourth-order valence-corrected chi connectivity index (χ4v) is 3.42. The van der Waals surface area contributed by atoms with Crippen LogP contribution >= 0.6 is 0 Å². The summed E-state index contributed by atoms with van der Waals surface area (Å²) in [6.45, 7) is -0.472. The van der Waals surface area contributed by atoms with E-state index >= 15 is 0 Å². The Morgan fingerprint density at radius 1 is 0.630 bits per heavy atom. The minimum Gasteiger partial charge on any atom is -0.388 e. The van der Waals surface area contributed by atoms with Crippen LogP contribution in [0.1, 0.15) is 0 Å². The van der Waals surface area contributed by atoms with Crippen LogP contribution in [0.2, 0.25) is 0 Å². The van der Waals surface area contributed by atoms with Crippen LogP contribution in [0.4, 0.5) is 0 Å². The van der Waals surface area contributed by atoms with Crippen molar-refractivity contribution in [1.29, 1.82) is 0 Å².